The Balaban J connectivity index is 1.35. The van der Waals surface area contributed by atoms with Gasteiger partial charge in [-0.2, -0.15) is 0 Å². The lowest BCUT2D eigenvalue weighted by Crippen LogP contribution is -2.38. The van der Waals surface area contributed by atoms with Gasteiger partial charge in [0.25, 0.3) is 0 Å². The van der Waals surface area contributed by atoms with E-state index in [1.807, 2.05) is 0 Å². The summed E-state index contributed by atoms with van der Waals surface area (Å²) in [6.45, 7) is 14.1. The van der Waals surface area contributed by atoms with Gasteiger partial charge in [0.15, 0.2) is 6.29 Å². The molecule has 2 saturated carbocycles. The molecule has 35 heavy (non-hydrogen) atoms. The summed E-state index contributed by atoms with van der Waals surface area (Å²) in [6, 6.07) is 0. The van der Waals surface area contributed by atoms with Crippen molar-refractivity contribution in [1.29, 1.82) is 0 Å². The summed E-state index contributed by atoms with van der Waals surface area (Å²) in [6.07, 6.45) is 26.2. The van der Waals surface area contributed by atoms with Crippen molar-refractivity contribution in [2.75, 3.05) is 0 Å². The third-order valence-electron chi connectivity index (χ3n) is 9.51. The third-order valence-corrected chi connectivity index (χ3v) is 9.51. The quantitative estimate of drug-likeness (QED) is 0.213. The molecule has 0 amide bonds. The summed E-state index contributed by atoms with van der Waals surface area (Å²) in [5, 5.41) is 0. The summed E-state index contributed by atoms with van der Waals surface area (Å²) in [5.41, 5.74) is 1.20. The minimum atomic E-state index is -0.143. The molecular formula is C33H60O2. The van der Waals surface area contributed by atoms with Crippen molar-refractivity contribution in [2.45, 2.75) is 168 Å². The molecule has 0 aromatic rings. The molecule has 1 aliphatic heterocycles. The van der Waals surface area contributed by atoms with Gasteiger partial charge in [0.05, 0.1) is 12.2 Å². The van der Waals surface area contributed by atoms with Crippen molar-refractivity contribution in [3.63, 3.8) is 0 Å². The van der Waals surface area contributed by atoms with Gasteiger partial charge in [-0.15, -0.1) is 0 Å². The van der Waals surface area contributed by atoms with Crippen LogP contribution in [0.1, 0.15) is 150 Å². The number of hydrogen-bond donors (Lipinski definition) is 0. The molecule has 1 heterocycles. The van der Waals surface area contributed by atoms with E-state index in [1.54, 1.807) is 0 Å². The van der Waals surface area contributed by atoms with Gasteiger partial charge >= 0.3 is 0 Å². The summed E-state index contributed by atoms with van der Waals surface area (Å²) in [7, 11) is 0. The minimum Gasteiger partial charge on any atom is -0.342 e. The van der Waals surface area contributed by atoms with Crippen molar-refractivity contribution in [1.82, 2.24) is 0 Å². The second-order valence-corrected chi connectivity index (χ2v) is 13.3. The fourth-order valence-corrected chi connectivity index (χ4v) is 7.12. The maximum Gasteiger partial charge on any atom is 0.180 e. The summed E-state index contributed by atoms with van der Waals surface area (Å²) < 4.78 is 13.4. The first-order valence-corrected chi connectivity index (χ1v) is 15.9. The van der Waals surface area contributed by atoms with Crippen molar-refractivity contribution in [2.24, 2.45) is 29.6 Å². The summed E-state index contributed by atoms with van der Waals surface area (Å²) >= 11 is 0. The first-order valence-electron chi connectivity index (χ1n) is 15.9. The molecule has 3 aliphatic rings. The van der Waals surface area contributed by atoms with Crippen LogP contribution in [-0.4, -0.2) is 18.5 Å². The van der Waals surface area contributed by atoms with E-state index in [0.29, 0.717) is 24.0 Å². The molecule has 3 fully saturated rings. The molecule has 204 valence electrons. The Morgan fingerprint density at radius 2 is 1.06 bits per heavy atom. The highest BCUT2D eigenvalue weighted by Gasteiger charge is 2.45. The maximum atomic E-state index is 6.70. The molecule has 2 heteroatoms. The molecule has 0 bridgehead atoms. The van der Waals surface area contributed by atoms with Gasteiger partial charge in [0, 0.05) is 0 Å². The van der Waals surface area contributed by atoms with Crippen molar-refractivity contribution < 1.29 is 9.47 Å². The Morgan fingerprint density at radius 1 is 0.629 bits per heavy atom. The molecule has 0 radical (unpaired) electrons. The van der Waals surface area contributed by atoms with Crippen LogP contribution in [0.2, 0.25) is 0 Å². The molecule has 2 nitrogen and oxygen atoms in total. The highest BCUT2D eigenvalue weighted by Crippen LogP contribution is 2.42. The van der Waals surface area contributed by atoms with Crippen LogP contribution in [-0.2, 0) is 9.47 Å². The first kappa shape index (κ1) is 29.2. The monoisotopic (exact) mass is 488 g/mol. The van der Waals surface area contributed by atoms with E-state index in [1.165, 1.54) is 121 Å². The zero-order valence-electron chi connectivity index (χ0n) is 24.1. The van der Waals surface area contributed by atoms with Gasteiger partial charge in [0.1, 0.15) is 0 Å². The number of rotatable bonds is 15. The Bertz CT molecular complexity index is 546. The zero-order chi connectivity index (χ0) is 25.0. The fraction of sp³-hybridized carbons (Fsp3) is 0.939. The van der Waals surface area contributed by atoms with Crippen molar-refractivity contribution in [3.05, 3.63) is 12.2 Å². The average Bonchev–Trinajstić information content (AvgIpc) is 3.31. The van der Waals surface area contributed by atoms with Crippen LogP contribution < -0.4 is 0 Å². The summed E-state index contributed by atoms with van der Waals surface area (Å²) in [4.78, 5) is 0. The second kappa shape index (κ2) is 15.8. The SMILES string of the molecule is C=C(CCCC(C)CCCC(C)CCCC(C)C)C1O[C@@H](C2CCCCC2)[C@H](C2CCCCC2)O1. The molecule has 0 spiro atoms. The van der Waals surface area contributed by atoms with E-state index < -0.39 is 0 Å². The largest absolute Gasteiger partial charge is 0.342 e. The smallest absolute Gasteiger partial charge is 0.180 e. The van der Waals surface area contributed by atoms with E-state index in [0.717, 1.165) is 24.2 Å². The van der Waals surface area contributed by atoms with Gasteiger partial charge in [-0.05, 0) is 73.7 Å². The lowest BCUT2D eigenvalue weighted by Gasteiger charge is -2.34. The van der Waals surface area contributed by atoms with Gasteiger partial charge in [0.2, 0.25) is 0 Å². The van der Waals surface area contributed by atoms with E-state index in [9.17, 15) is 0 Å². The number of ether oxygens (including phenoxy) is 2. The van der Waals surface area contributed by atoms with E-state index in [2.05, 4.69) is 34.3 Å². The molecule has 1 saturated heterocycles. The van der Waals surface area contributed by atoms with Gasteiger partial charge in [-0.1, -0.05) is 118 Å². The predicted octanol–water partition coefficient (Wildman–Crippen LogP) is 10.3. The topological polar surface area (TPSA) is 18.5 Å². The van der Waals surface area contributed by atoms with Crippen LogP contribution in [0.3, 0.4) is 0 Å². The molecule has 3 rings (SSSR count). The van der Waals surface area contributed by atoms with Gasteiger partial charge < -0.3 is 9.47 Å². The van der Waals surface area contributed by atoms with Crippen LogP contribution in [0.15, 0.2) is 12.2 Å². The molecule has 2 aliphatic carbocycles. The lowest BCUT2D eigenvalue weighted by molar-refractivity contribution is -0.0533. The summed E-state index contributed by atoms with van der Waals surface area (Å²) in [5.74, 6) is 3.99. The molecule has 4 atom stereocenters. The molecule has 2 unspecified atom stereocenters. The Hall–Kier alpha value is -0.340. The Kier molecular flexibility index (Phi) is 13.2. The number of hydrogen-bond acceptors (Lipinski definition) is 2. The van der Waals surface area contributed by atoms with Gasteiger partial charge in [-0.25, -0.2) is 0 Å². The third kappa shape index (κ3) is 10.1. The van der Waals surface area contributed by atoms with Crippen LogP contribution >= 0.6 is 0 Å². The van der Waals surface area contributed by atoms with Crippen LogP contribution in [0.25, 0.3) is 0 Å². The Morgan fingerprint density at radius 3 is 1.51 bits per heavy atom. The maximum absolute atomic E-state index is 6.70. The fourth-order valence-electron chi connectivity index (χ4n) is 7.12. The van der Waals surface area contributed by atoms with E-state index in [-0.39, 0.29) is 6.29 Å². The molecular weight excluding hydrogens is 428 g/mol. The predicted molar refractivity (Wildman–Crippen MR) is 151 cm³/mol. The average molecular weight is 489 g/mol. The molecule has 0 aromatic heterocycles. The van der Waals surface area contributed by atoms with E-state index in [4.69, 9.17) is 9.47 Å². The molecule has 0 N–H and O–H groups in total. The lowest BCUT2D eigenvalue weighted by atomic mass is 9.77. The van der Waals surface area contributed by atoms with Crippen molar-refractivity contribution >= 4 is 0 Å². The van der Waals surface area contributed by atoms with Crippen LogP contribution in [0.4, 0.5) is 0 Å². The van der Waals surface area contributed by atoms with Gasteiger partial charge in [-0.3, -0.25) is 0 Å². The first-order chi connectivity index (χ1) is 16.9. The van der Waals surface area contributed by atoms with Crippen LogP contribution in [0, 0.1) is 29.6 Å². The highest BCUT2D eigenvalue weighted by atomic mass is 16.7. The minimum absolute atomic E-state index is 0.143. The zero-order valence-corrected chi connectivity index (χ0v) is 24.1. The second-order valence-electron chi connectivity index (χ2n) is 13.3. The van der Waals surface area contributed by atoms with Crippen LogP contribution in [0.5, 0.6) is 0 Å². The highest BCUT2D eigenvalue weighted by molar-refractivity contribution is 5.03. The van der Waals surface area contributed by atoms with E-state index >= 15 is 0 Å². The standard InChI is InChI=1S/C33H60O2/c1-25(2)15-12-16-26(3)17-13-18-27(4)19-14-20-28(5)33-34-31(29-21-8-6-9-22-29)32(35-33)30-23-10-7-11-24-30/h25-27,29-33H,5-24H2,1-4H3/t26?,27?,31-,32-/m0/s1. The normalized spacial score (nSPS) is 26.9. The van der Waals surface area contributed by atoms with Crippen molar-refractivity contribution in [3.8, 4) is 0 Å². The molecule has 0 aromatic carbocycles. The Labute approximate surface area is 219 Å².